The summed E-state index contributed by atoms with van der Waals surface area (Å²) in [4.78, 5) is 4.90. The van der Waals surface area contributed by atoms with Gasteiger partial charge in [0.2, 0.25) is 0 Å². The lowest BCUT2D eigenvalue weighted by molar-refractivity contribution is 0.724. The average molecular weight is 683 g/mol. The van der Waals surface area contributed by atoms with E-state index in [1.165, 1.54) is 68.6 Å². The van der Waals surface area contributed by atoms with Crippen LogP contribution in [-0.2, 0) is 12.8 Å². The van der Waals surface area contributed by atoms with Gasteiger partial charge in [0.25, 0.3) is 0 Å². The minimum absolute atomic E-state index is 0.319. The molecule has 2 nitrogen and oxygen atoms in total. The number of nitrogens with zero attached hydrogens (tertiary/aromatic N) is 2. The summed E-state index contributed by atoms with van der Waals surface area (Å²) >= 11 is 0. The van der Waals surface area contributed by atoms with Crippen molar-refractivity contribution < 1.29 is 0 Å². The number of hydrogen-bond acceptors (Lipinski definition) is 2. The zero-order valence-electron chi connectivity index (χ0n) is 30.1. The number of hydrogen-bond donors (Lipinski definition) is 0. The van der Waals surface area contributed by atoms with Gasteiger partial charge in [-0.05, 0) is 118 Å². The van der Waals surface area contributed by atoms with E-state index in [4.69, 9.17) is 0 Å². The van der Waals surface area contributed by atoms with E-state index in [1.807, 2.05) is 0 Å². The Morgan fingerprint density at radius 3 is 1.83 bits per heavy atom. The van der Waals surface area contributed by atoms with Crippen molar-refractivity contribution in [2.24, 2.45) is 0 Å². The lowest BCUT2D eigenvalue weighted by atomic mass is 9.77. The molecule has 0 fully saturated rings. The van der Waals surface area contributed by atoms with Crippen LogP contribution in [-0.4, -0.2) is 13.1 Å². The summed E-state index contributed by atoms with van der Waals surface area (Å²) in [5, 5.41) is 0. The number of rotatable bonds is 6. The van der Waals surface area contributed by atoms with Crippen molar-refractivity contribution in [2.45, 2.75) is 37.6 Å². The van der Waals surface area contributed by atoms with Gasteiger partial charge in [0, 0.05) is 41.3 Å². The first-order chi connectivity index (χ1) is 26.2. The molecule has 0 bridgehead atoms. The maximum Gasteiger partial charge on any atom is 0.0583 e. The molecule has 0 N–H and O–H groups in total. The van der Waals surface area contributed by atoms with Crippen LogP contribution >= 0.6 is 0 Å². The standard InChI is InChI=1S/C51H42N2/c1-52-49-34-40(29-32-48(49)50-46-21-10-8-19-44(46)45-20-9-11-22-47(45)51(50)52)38-25-23-36(24-26-38)37-27-30-42(31-28-37)53(41-16-6-3-7-17-41)43-18-12-15-39(33-43)35-13-4-2-5-14-35/h2-7,10-18,21-34,48-49H,8-9,19-20H2,1H3. The van der Waals surface area contributed by atoms with Crippen LogP contribution in [0.4, 0.5) is 22.7 Å². The molecule has 1 heterocycles. The maximum absolute atomic E-state index is 2.56. The summed E-state index contributed by atoms with van der Waals surface area (Å²) in [6.45, 7) is 0. The highest BCUT2D eigenvalue weighted by atomic mass is 15.2. The monoisotopic (exact) mass is 682 g/mol. The summed E-state index contributed by atoms with van der Waals surface area (Å²) in [5.41, 5.74) is 20.0. The molecular formula is C51H42N2. The zero-order valence-corrected chi connectivity index (χ0v) is 30.1. The van der Waals surface area contributed by atoms with E-state index in [2.05, 4.69) is 193 Å². The van der Waals surface area contributed by atoms with Crippen LogP contribution in [0.5, 0.6) is 0 Å². The number of benzene rings is 6. The summed E-state index contributed by atoms with van der Waals surface area (Å²) < 4.78 is 0. The van der Waals surface area contributed by atoms with Gasteiger partial charge in [0.05, 0.1) is 6.04 Å². The molecule has 0 saturated heterocycles. The van der Waals surface area contributed by atoms with E-state index in [1.54, 1.807) is 11.1 Å². The molecule has 6 aromatic rings. The van der Waals surface area contributed by atoms with E-state index in [0.717, 1.165) is 29.9 Å². The molecule has 0 aromatic heterocycles. The van der Waals surface area contributed by atoms with E-state index in [0.29, 0.717) is 12.0 Å². The van der Waals surface area contributed by atoms with E-state index in [9.17, 15) is 0 Å². The fourth-order valence-electron chi connectivity index (χ4n) is 9.18. The SMILES string of the molecule is CN1c2c3c(c4c(c2C2C=CC(c5ccc(-c6ccc(N(c7ccccc7)c7cccc(-c8ccccc8)c7)cc6)cc5)=CC21)C=CCC4)CCC=C3. The first-order valence-electron chi connectivity index (χ1n) is 19.1. The molecule has 4 aliphatic rings. The highest BCUT2D eigenvalue weighted by Crippen LogP contribution is 2.52. The number of likely N-dealkylation sites (N-methyl/N-ethyl adjacent to an activating group) is 1. The fraction of sp³-hybridized carbons (Fsp3) is 0.137. The lowest BCUT2D eigenvalue weighted by Crippen LogP contribution is -2.29. The Labute approximate surface area is 313 Å². The number of anilines is 4. The van der Waals surface area contributed by atoms with Crippen LogP contribution in [0.1, 0.15) is 52.1 Å². The first-order valence-corrected chi connectivity index (χ1v) is 19.1. The van der Waals surface area contributed by atoms with Gasteiger partial charge in [-0.25, -0.2) is 0 Å². The smallest absolute Gasteiger partial charge is 0.0583 e. The van der Waals surface area contributed by atoms with Gasteiger partial charge in [0.1, 0.15) is 0 Å². The van der Waals surface area contributed by atoms with Gasteiger partial charge < -0.3 is 9.80 Å². The third-order valence-corrected chi connectivity index (χ3v) is 11.7. The topological polar surface area (TPSA) is 6.48 Å². The second kappa shape index (κ2) is 13.1. The van der Waals surface area contributed by atoms with Crippen LogP contribution in [0.2, 0.25) is 0 Å². The van der Waals surface area contributed by atoms with Gasteiger partial charge in [-0.1, -0.05) is 140 Å². The van der Waals surface area contributed by atoms with Crippen LogP contribution in [0.25, 0.3) is 40.0 Å². The van der Waals surface area contributed by atoms with E-state index < -0.39 is 0 Å². The molecule has 0 radical (unpaired) electrons. The van der Waals surface area contributed by atoms with Crippen molar-refractivity contribution in [3.8, 4) is 22.3 Å². The predicted octanol–water partition coefficient (Wildman–Crippen LogP) is 13.0. The maximum atomic E-state index is 2.56. The molecule has 0 amide bonds. The number of allylic oxidation sites excluding steroid dienone is 4. The summed E-state index contributed by atoms with van der Waals surface area (Å²) in [5.74, 6) is 0.380. The highest BCUT2D eigenvalue weighted by Gasteiger charge is 2.40. The van der Waals surface area contributed by atoms with Crippen LogP contribution in [0.15, 0.2) is 164 Å². The van der Waals surface area contributed by atoms with Crippen molar-refractivity contribution in [3.63, 3.8) is 0 Å². The van der Waals surface area contributed by atoms with Gasteiger partial charge in [-0.3, -0.25) is 0 Å². The Morgan fingerprint density at radius 1 is 0.528 bits per heavy atom. The van der Waals surface area contributed by atoms with Gasteiger partial charge in [-0.15, -0.1) is 0 Å². The zero-order chi connectivity index (χ0) is 35.3. The van der Waals surface area contributed by atoms with Crippen molar-refractivity contribution in [3.05, 3.63) is 197 Å². The molecule has 10 rings (SSSR count). The predicted molar refractivity (Wildman–Crippen MR) is 225 cm³/mol. The molecule has 3 aliphatic carbocycles. The number of fused-ring (bicyclic) bond motifs is 8. The molecule has 6 aromatic carbocycles. The molecule has 256 valence electrons. The molecule has 2 unspecified atom stereocenters. The second-order valence-corrected chi connectivity index (χ2v) is 14.7. The first kappa shape index (κ1) is 31.6. The van der Waals surface area contributed by atoms with Crippen LogP contribution in [0, 0.1) is 0 Å². The minimum atomic E-state index is 0.319. The molecule has 0 saturated carbocycles. The molecule has 1 aliphatic heterocycles. The van der Waals surface area contributed by atoms with Gasteiger partial charge in [0.15, 0.2) is 0 Å². The Morgan fingerprint density at radius 2 is 1.09 bits per heavy atom. The summed E-state index contributed by atoms with van der Waals surface area (Å²) in [6, 6.07) is 48.5. The Hall–Kier alpha value is -6.12. The quantitative estimate of drug-likeness (QED) is 0.173. The Bertz CT molecular complexity index is 2450. The Kier molecular flexibility index (Phi) is 7.83. The number of para-hydroxylation sites is 1. The Balaban J connectivity index is 0.929. The second-order valence-electron chi connectivity index (χ2n) is 14.7. The van der Waals surface area contributed by atoms with Crippen molar-refractivity contribution >= 4 is 40.5 Å². The molecule has 0 spiro atoms. The van der Waals surface area contributed by atoms with Crippen molar-refractivity contribution in [2.75, 3.05) is 16.8 Å². The fourth-order valence-corrected chi connectivity index (χ4v) is 9.18. The third-order valence-electron chi connectivity index (χ3n) is 11.7. The van der Waals surface area contributed by atoms with Crippen molar-refractivity contribution in [1.82, 2.24) is 0 Å². The molecular weight excluding hydrogens is 641 g/mol. The summed E-state index contributed by atoms with van der Waals surface area (Å²) in [6.07, 6.45) is 21.6. The molecule has 2 atom stereocenters. The average Bonchev–Trinajstić information content (AvgIpc) is 3.54. The van der Waals surface area contributed by atoms with Crippen LogP contribution in [0.3, 0.4) is 0 Å². The van der Waals surface area contributed by atoms with Crippen molar-refractivity contribution in [1.29, 1.82) is 0 Å². The van der Waals surface area contributed by atoms with Gasteiger partial charge >= 0.3 is 0 Å². The normalized spacial score (nSPS) is 17.8. The van der Waals surface area contributed by atoms with Gasteiger partial charge in [-0.2, -0.15) is 0 Å². The molecule has 53 heavy (non-hydrogen) atoms. The minimum Gasteiger partial charge on any atom is -0.366 e. The van der Waals surface area contributed by atoms with Crippen LogP contribution < -0.4 is 9.80 Å². The highest BCUT2D eigenvalue weighted by molar-refractivity contribution is 5.89. The van der Waals surface area contributed by atoms with E-state index >= 15 is 0 Å². The largest absolute Gasteiger partial charge is 0.366 e. The van der Waals surface area contributed by atoms with E-state index in [-0.39, 0.29) is 0 Å². The lowest BCUT2D eigenvalue weighted by Gasteiger charge is -2.28. The summed E-state index contributed by atoms with van der Waals surface area (Å²) in [7, 11) is 2.31. The third kappa shape index (κ3) is 5.49. The molecule has 2 heteroatoms.